The van der Waals surface area contributed by atoms with Crippen LogP contribution in [0.2, 0.25) is 0 Å². The van der Waals surface area contributed by atoms with Crippen molar-refractivity contribution in [3.05, 3.63) is 34.3 Å². The van der Waals surface area contributed by atoms with Crippen molar-refractivity contribution in [2.45, 2.75) is 6.04 Å². The van der Waals surface area contributed by atoms with Crippen molar-refractivity contribution in [1.29, 1.82) is 0 Å². The number of nitrogens with zero attached hydrogens (tertiary/aromatic N) is 2. The quantitative estimate of drug-likeness (QED) is 0.822. The number of aliphatic hydroxyl groups excluding tert-OH is 1. The number of hydrogen-bond donors (Lipinski definition) is 2. The Bertz CT molecular complexity index is 444. The van der Waals surface area contributed by atoms with Gasteiger partial charge in [-0.3, -0.25) is 14.6 Å². The molecule has 1 aromatic rings. The van der Waals surface area contributed by atoms with E-state index in [2.05, 4.69) is 25.7 Å². The first-order valence-corrected chi connectivity index (χ1v) is 7.53. The van der Waals surface area contributed by atoms with E-state index in [9.17, 15) is 4.79 Å². The smallest absolute Gasteiger partial charge is 0.239 e. The summed E-state index contributed by atoms with van der Waals surface area (Å²) >= 11 is 3.39. The molecule has 0 aliphatic carbocycles. The van der Waals surface area contributed by atoms with E-state index in [0.717, 1.165) is 36.2 Å². The lowest BCUT2D eigenvalue weighted by Gasteiger charge is -2.38. The third-order valence-corrected chi connectivity index (χ3v) is 4.17. The molecule has 3 N–H and O–H groups in total. The minimum Gasteiger partial charge on any atom is -0.395 e. The molecule has 1 atom stereocenters. The molecule has 1 fully saturated rings. The van der Waals surface area contributed by atoms with Gasteiger partial charge in [0.15, 0.2) is 0 Å². The van der Waals surface area contributed by atoms with E-state index in [1.807, 2.05) is 24.3 Å². The summed E-state index contributed by atoms with van der Waals surface area (Å²) in [5.41, 5.74) is 6.51. The van der Waals surface area contributed by atoms with Crippen LogP contribution in [0.15, 0.2) is 28.7 Å². The van der Waals surface area contributed by atoms with Crippen molar-refractivity contribution in [1.82, 2.24) is 9.80 Å². The number of β-amino-alcohol motifs (C(OH)–C–C–N with tert-alkyl or cyclic N) is 1. The number of hydrogen-bond acceptors (Lipinski definition) is 4. The average molecular weight is 342 g/mol. The summed E-state index contributed by atoms with van der Waals surface area (Å²) in [5, 5.41) is 8.95. The molecule has 0 aromatic heterocycles. The first-order valence-electron chi connectivity index (χ1n) is 6.74. The molecule has 110 valence electrons. The zero-order chi connectivity index (χ0) is 14.5. The molecule has 1 saturated heterocycles. The summed E-state index contributed by atoms with van der Waals surface area (Å²) in [6.07, 6.45) is 0. The normalized spacial score (nSPS) is 18.9. The van der Waals surface area contributed by atoms with Gasteiger partial charge in [-0.2, -0.15) is 0 Å². The number of benzene rings is 1. The van der Waals surface area contributed by atoms with E-state index in [0.29, 0.717) is 6.54 Å². The third-order valence-electron chi connectivity index (χ3n) is 3.64. The Morgan fingerprint density at radius 1 is 1.25 bits per heavy atom. The maximum absolute atomic E-state index is 11.8. The van der Waals surface area contributed by atoms with Crippen LogP contribution in [0.1, 0.15) is 11.6 Å². The Balaban J connectivity index is 2.07. The lowest BCUT2D eigenvalue weighted by Crippen LogP contribution is -2.50. The van der Waals surface area contributed by atoms with Gasteiger partial charge >= 0.3 is 0 Å². The number of rotatable bonds is 5. The van der Waals surface area contributed by atoms with Gasteiger partial charge in [0.1, 0.15) is 6.04 Å². The van der Waals surface area contributed by atoms with Crippen LogP contribution in [0.5, 0.6) is 0 Å². The fourth-order valence-corrected chi connectivity index (χ4v) is 2.85. The number of halogens is 1. The number of carbonyl (C=O) groups is 1. The minimum atomic E-state index is -0.376. The molecule has 1 amide bonds. The first kappa shape index (κ1) is 15.4. The summed E-state index contributed by atoms with van der Waals surface area (Å²) in [6.45, 7) is 4.12. The molecule has 20 heavy (non-hydrogen) atoms. The van der Waals surface area contributed by atoms with Gasteiger partial charge in [-0.05, 0) is 17.7 Å². The van der Waals surface area contributed by atoms with E-state index in [4.69, 9.17) is 10.8 Å². The molecule has 0 spiro atoms. The first-order chi connectivity index (χ1) is 9.61. The van der Waals surface area contributed by atoms with Crippen molar-refractivity contribution < 1.29 is 9.90 Å². The van der Waals surface area contributed by atoms with Crippen molar-refractivity contribution >= 4 is 21.8 Å². The maximum atomic E-state index is 11.8. The molecule has 0 bridgehead atoms. The van der Waals surface area contributed by atoms with Gasteiger partial charge in [-0.15, -0.1) is 0 Å². The van der Waals surface area contributed by atoms with Crippen molar-refractivity contribution in [2.24, 2.45) is 5.73 Å². The molecule has 1 aromatic carbocycles. The predicted octanol–water partition coefficient (Wildman–Crippen LogP) is 0.585. The van der Waals surface area contributed by atoms with Crippen LogP contribution in [-0.4, -0.2) is 60.1 Å². The van der Waals surface area contributed by atoms with Gasteiger partial charge < -0.3 is 10.8 Å². The molecule has 5 nitrogen and oxygen atoms in total. The fourth-order valence-electron chi connectivity index (χ4n) is 2.59. The van der Waals surface area contributed by atoms with Crippen LogP contribution in [0.4, 0.5) is 0 Å². The average Bonchev–Trinajstić information content (AvgIpc) is 2.43. The van der Waals surface area contributed by atoms with Crippen molar-refractivity contribution in [3.8, 4) is 0 Å². The molecular weight excluding hydrogens is 322 g/mol. The Labute approximate surface area is 127 Å². The highest BCUT2D eigenvalue weighted by atomic mass is 79.9. The molecule has 6 heteroatoms. The van der Waals surface area contributed by atoms with Crippen LogP contribution < -0.4 is 5.73 Å². The second-order valence-electron chi connectivity index (χ2n) is 4.96. The molecule has 0 unspecified atom stereocenters. The Morgan fingerprint density at radius 2 is 1.85 bits per heavy atom. The SMILES string of the molecule is NC(=O)[C@H](c1ccc(Br)cc1)N1CCN(CCO)CC1. The van der Waals surface area contributed by atoms with Crippen LogP contribution in [0.25, 0.3) is 0 Å². The topological polar surface area (TPSA) is 69.8 Å². The highest BCUT2D eigenvalue weighted by molar-refractivity contribution is 9.10. The van der Waals surface area contributed by atoms with E-state index in [-0.39, 0.29) is 18.6 Å². The fraction of sp³-hybridized carbons (Fsp3) is 0.500. The van der Waals surface area contributed by atoms with Gasteiger partial charge in [-0.1, -0.05) is 28.1 Å². The zero-order valence-electron chi connectivity index (χ0n) is 11.3. The Kier molecular flexibility index (Phi) is 5.54. The molecule has 0 saturated carbocycles. The lowest BCUT2D eigenvalue weighted by molar-refractivity contribution is -0.124. The predicted molar refractivity (Wildman–Crippen MR) is 81.2 cm³/mol. The molecule has 1 aliphatic rings. The highest BCUT2D eigenvalue weighted by Crippen LogP contribution is 2.23. The third kappa shape index (κ3) is 3.79. The molecule has 1 aliphatic heterocycles. The molecule has 2 rings (SSSR count). The van der Waals surface area contributed by atoms with E-state index < -0.39 is 0 Å². The van der Waals surface area contributed by atoms with Crippen LogP contribution in [0, 0.1) is 0 Å². The summed E-state index contributed by atoms with van der Waals surface area (Å²) in [4.78, 5) is 16.1. The Hall–Kier alpha value is -0.950. The number of aliphatic hydroxyl groups is 1. The van der Waals surface area contributed by atoms with Crippen LogP contribution in [0.3, 0.4) is 0 Å². The lowest BCUT2D eigenvalue weighted by atomic mass is 10.0. The van der Waals surface area contributed by atoms with Crippen LogP contribution >= 0.6 is 15.9 Å². The number of nitrogens with two attached hydrogens (primary N) is 1. The van der Waals surface area contributed by atoms with E-state index in [1.165, 1.54) is 0 Å². The van der Waals surface area contributed by atoms with E-state index in [1.54, 1.807) is 0 Å². The largest absolute Gasteiger partial charge is 0.395 e. The van der Waals surface area contributed by atoms with Crippen molar-refractivity contribution in [2.75, 3.05) is 39.3 Å². The summed E-state index contributed by atoms with van der Waals surface area (Å²) in [7, 11) is 0. The van der Waals surface area contributed by atoms with Gasteiger partial charge in [0.2, 0.25) is 5.91 Å². The number of primary amides is 1. The second kappa shape index (κ2) is 7.17. The zero-order valence-corrected chi connectivity index (χ0v) is 12.9. The number of amides is 1. The highest BCUT2D eigenvalue weighted by Gasteiger charge is 2.28. The standard InChI is InChI=1S/C14H20BrN3O2/c15-12-3-1-11(2-4-12)13(14(16)20)18-7-5-17(6-8-18)9-10-19/h1-4,13,19H,5-10H2,(H2,16,20)/t13-/m0/s1. The van der Waals surface area contributed by atoms with Gasteiger partial charge in [0, 0.05) is 37.2 Å². The molecule has 0 radical (unpaired) electrons. The van der Waals surface area contributed by atoms with Gasteiger partial charge in [-0.25, -0.2) is 0 Å². The molecular formula is C14H20BrN3O2. The Morgan fingerprint density at radius 3 is 2.35 bits per heavy atom. The number of carbonyl (C=O) groups excluding carboxylic acids is 1. The van der Waals surface area contributed by atoms with Gasteiger partial charge in [0.25, 0.3) is 0 Å². The monoisotopic (exact) mass is 341 g/mol. The summed E-state index contributed by atoms with van der Waals surface area (Å²) in [6, 6.07) is 7.33. The summed E-state index contributed by atoms with van der Waals surface area (Å²) in [5.74, 6) is -0.317. The van der Waals surface area contributed by atoms with E-state index >= 15 is 0 Å². The summed E-state index contributed by atoms with van der Waals surface area (Å²) < 4.78 is 0.984. The van der Waals surface area contributed by atoms with Gasteiger partial charge in [0.05, 0.1) is 6.61 Å². The second-order valence-corrected chi connectivity index (χ2v) is 5.87. The minimum absolute atomic E-state index is 0.173. The number of piperazine rings is 1. The van der Waals surface area contributed by atoms with Crippen LogP contribution in [-0.2, 0) is 4.79 Å². The van der Waals surface area contributed by atoms with Crippen molar-refractivity contribution in [3.63, 3.8) is 0 Å². The molecule has 1 heterocycles. The maximum Gasteiger partial charge on any atom is 0.239 e.